The van der Waals surface area contributed by atoms with E-state index >= 15 is 0 Å². The monoisotopic (exact) mass is 293 g/mol. The Morgan fingerprint density at radius 2 is 2.00 bits per heavy atom. The van der Waals surface area contributed by atoms with Gasteiger partial charge in [-0.25, -0.2) is 4.39 Å². The zero-order valence-electron chi connectivity index (χ0n) is 9.08. The average Bonchev–Trinajstić information content (AvgIpc) is 2.32. The van der Waals surface area contributed by atoms with E-state index in [0.717, 1.165) is 5.56 Å². The van der Waals surface area contributed by atoms with Gasteiger partial charge in [-0.15, -0.1) is 0 Å². The second-order valence-electron chi connectivity index (χ2n) is 3.71. The van der Waals surface area contributed by atoms with E-state index in [0.29, 0.717) is 11.1 Å². The lowest BCUT2D eigenvalue weighted by atomic mass is 10.0. The van der Waals surface area contributed by atoms with Crippen LogP contribution in [-0.2, 0) is 0 Å². The molecule has 2 rings (SSSR count). The van der Waals surface area contributed by atoms with Crippen molar-refractivity contribution in [1.29, 1.82) is 0 Å². The van der Waals surface area contributed by atoms with E-state index in [2.05, 4.69) is 20.9 Å². The lowest BCUT2D eigenvalue weighted by molar-refractivity contribution is 0.103. The van der Waals surface area contributed by atoms with Crippen LogP contribution in [0.15, 0.2) is 41.1 Å². The van der Waals surface area contributed by atoms with Crippen LogP contribution in [0.4, 0.5) is 4.39 Å². The molecule has 86 valence electrons. The number of rotatable bonds is 2. The number of aryl methyl sites for hydroxylation is 1. The van der Waals surface area contributed by atoms with Gasteiger partial charge in [0.25, 0.3) is 0 Å². The van der Waals surface area contributed by atoms with Gasteiger partial charge in [0.05, 0.1) is 4.47 Å². The fourth-order valence-corrected chi connectivity index (χ4v) is 1.86. The van der Waals surface area contributed by atoms with E-state index in [1.165, 1.54) is 24.4 Å². The molecule has 0 fully saturated rings. The molecular formula is C13H9BrFNO. The van der Waals surface area contributed by atoms with Crippen molar-refractivity contribution in [1.82, 2.24) is 4.98 Å². The van der Waals surface area contributed by atoms with Crippen molar-refractivity contribution in [2.75, 3.05) is 0 Å². The van der Waals surface area contributed by atoms with Crippen LogP contribution in [-0.4, -0.2) is 10.8 Å². The zero-order chi connectivity index (χ0) is 12.4. The van der Waals surface area contributed by atoms with Crippen LogP contribution >= 0.6 is 15.9 Å². The van der Waals surface area contributed by atoms with Crippen molar-refractivity contribution in [2.45, 2.75) is 6.92 Å². The van der Waals surface area contributed by atoms with E-state index in [9.17, 15) is 9.18 Å². The number of hydrogen-bond acceptors (Lipinski definition) is 2. The molecule has 0 amide bonds. The van der Waals surface area contributed by atoms with Gasteiger partial charge < -0.3 is 0 Å². The number of pyridine rings is 1. The van der Waals surface area contributed by atoms with Gasteiger partial charge in [-0.1, -0.05) is 0 Å². The highest BCUT2D eigenvalue weighted by Gasteiger charge is 2.11. The maximum atomic E-state index is 13.1. The number of aromatic nitrogens is 1. The molecule has 0 aliphatic rings. The maximum absolute atomic E-state index is 13.1. The standard InChI is InChI=1S/C13H9BrFNO/c1-8-4-10(7-16-6-8)13(17)9-2-3-12(15)11(14)5-9/h2-7H,1H3. The van der Waals surface area contributed by atoms with Crippen LogP contribution in [0.1, 0.15) is 21.5 Å². The average molecular weight is 294 g/mol. The van der Waals surface area contributed by atoms with Crippen LogP contribution in [0.5, 0.6) is 0 Å². The fraction of sp³-hybridized carbons (Fsp3) is 0.0769. The third kappa shape index (κ3) is 2.58. The molecule has 0 unspecified atom stereocenters. The second kappa shape index (κ2) is 4.75. The number of benzene rings is 1. The molecule has 0 N–H and O–H groups in total. The Kier molecular flexibility index (Phi) is 3.33. The van der Waals surface area contributed by atoms with Crippen molar-refractivity contribution < 1.29 is 9.18 Å². The van der Waals surface area contributed by atoms with E-state index in [1.807, 2.05) is 6.92 Å². The molecule has 0 bridgehead atoms. The lowest BCUT2D eigenvalue weighted by Gasteiger charge is -2.03. The normalized spacial score (nSPS) is 10.3. The van der Waals surface area contributed by atoms with Crippen LogP contribution in [0, 0.1) is 12.7 Å². The molecule has 4 heteroatoms. The number of ketones is 1. The van der Waals surface area contributed by atoms with E-state index in [1.54, 1.807) is 12.3 Å². The van der Waals surface area contributed by atoms with Gasteiger partial charge in [-0.05, 0) is 52.7 Å². The number of nitrogens with zero attached hydrogens (tertiary/aromatic N) is 1. The lowest BCUT2D eigenvalue weighted by Crippen LogP contribution is -2.02. The number of carbonyl (C=O) groups excluding carboxylic acids is 1. The molecular weight excluding hydrogens is 285 g/mol. The zero-order valence-corrected chi connectivity index (χ0v) is 10.7. The molecule has 2 aromatic rings. The molecule has 0 saturated carbocycles. The Labute approximate surface area is 107 Å². The van der Waals surface area contributed by atoms with Gasteiger partial charge in [0, 0.05) is 23.5 Å². The molecule has 1 heterocycles. The third-order valence-corrected chi connectivity index (χ3v) is 2.93. The summed E-state index contributed by atoms with van der Waals surface area (Å²) in [6.07, 6.45) is 3.18. The first-order valence-electron chi connectivity index (χ1n) is 4.99. The number of halogens is 2. The van der Waals surface area contributed by atoms with Crippen LogP contribution in [0.3, 0.4) is 0 Å². The summed E-state index contributed by atoms with van der Waals surface area (Å²) >= 11 is 3.06. The third-order valence-electron chi connectivity index (χ3n) is 2.32. The van der Waals surface area contributed by atoms with Crippen molar-refractivity contribution in [3.8, 4) is 0 Å². The Morgan fingerprint density at radius 1 is 1.24 bits per heavy atom. The molecule has 0 radical (unpaired) electrons. The number of hydrogen-bond donors (Lipinski definition) is 0. The molecule has 1 aromatic heterocycles. The van der Waals surface area contributed by atoms with Crippen molar-refractivity contribution in [3.63, 3.8) is 0 Å². The highest BCUT2D eigenvalue weighted by atomic mass is 79.9. The van der Waals surface area contributed by atoms with Gasteiger partial charge in [0.2, 0.25) is 0 Å². The summed E-state index contributed by atoms with van der Waals surface area (Å²) in [5.74, 6) is -0.550. The van der Waals surface area contributed by atoms with Gasteiger partial charge in [0.1, 0.15) is 5.82 Å². The second-order valence-corrected chi connectivity index (χ2v) is 4.56. The quantitative estimate of drug-likeness (QED) is 0.793. The minimum absolute atomic E-state index is 0.165. The molecule has 0 atom stereocenters. The minimum Gasteiger partial charge on any atom is -0.289 e. The fourth-order valence-electron chi connectivity index (χ4n) is 1.48. The van der Waals surface area contributed by atoms with Crippen LogP contribution in [0.2, 0.25) is 0 Å². The summed E-state index contributed by atoms with van der Waals surface area (Å²) in [5.41, 5.74) is 1.85. The van der Waals surface area contributed by atoms with Crippen molar-refractivity contribution in [3.05, 3.63) is 63.6 Å². The summed E-state index contributed by atoms with van der Waals surface area (Å²) in [6.45, 7) is 1.87. The Balaban J connectivity index is 2.40. The first kappa shape index (κ1) is 11.9. The largest absolute Gasteiger partial charge is 0.289 e. The summed E-state index contributed by atoms with van der Waals surface area (Å²) in [4.78, 5) is 16.0. The highest BCUT2D eigenvalue weighted by Crippen LogP contribution is 2.19. The molecule has 0 aliphatic heterocycles. The Morgan fingerprint density at radius 3 is 2.65 bits per heavy atom. The van der Waals surface area contributed by atoms with E-state index in [4.69, 9.17) is 0 Å². The predicted molar refractivity (Wildman–Crippen MR) is 66.5 cm³/mol. The first-order chi connectivity index (χ1) is 8.08. The van der Waals surface area contributed by atoms with Gasteiger partial charge >= 0.3 is 0 Å². The van der Waals surface area contributed by atoms with E-state index < -0.39 is 0 Å². The summed E-state index contributed by atoms with van der Waals surface area (Å²) in [5, 5.41) is 0. The SMILES string of the molecule is Cc1cncc(C(=O)c2ccc(F)c(Br)c2)c1. The smallest absolute Gasteiger partial charge is 0.194 e. The Bertz CT molecular complexity index is 583. The summed E-state index contributed by atoms with van der Waals surface area (Å²) < 4.78 is 13.3. The van der Waals surface area contributed by atoms with E-state index in [-0.39, 0.29) is 16.1 Å². The molecule has 1 aromatic carbocycles. The summed E-state index contributed by atoms with van der Waals surface area (Å²) in [6, 6.07) is 5.96. The topological polar surface area (TPSA) is 30.0 Å². The maximum Gasteiger partial charge on any atom is 0.194 e. The van der Waals surface area contributed by atoms with Crippen molar-refractivity contribution in [2.24, 2.45) is 0 Å². The van der Waals surface area contributed by atoms with Crippen molar-refractivity contribution >= 4 is 21.7 Å². The van der Waals surface area contributed by atoms with Gasteiger partial charge in [-0.3, -0.25) is 9.78 Å². The molecule has 2 nitrogen and oxygen atoms in total. The van der Waals surface area contributed by atoms with Gasteiger partial charge in [-0.2, -0.15) is 0 Å². The first-order valence-corrected chi connectivity index (χ1v) is 5.78. The Hall–Kier alpha value is -1.55. The predicted octanol–water partition coefficient (Wildman–Crippen LogP) is 3.52. The van der Waals surface area contributed by atoms with Crippen LogP contribution in [0.25, 0.3) is 0 Å². The highest BCUT2D eigenvalue weighted by molar-refractivity contribution is 9.10. The molecule has 0 spiro atoms. The number of carbonyl (C=O) groups is 1. The minimum atomic E-state index is -0.385. The summed E-state index contributed by atoms with van der Waals surface area (Å²) in [7, 11) is 0. The molecule has 17 heavy (non-hydrogen) atoms. The molecule has 0 aliphatic carbocycles. The van der Waals surface area contributed by atoms with Gasteiger partial charge in [0.15, 0.2) is 5.78 Å². The van der Waals surface area contributed by atoms with Crippen LogP contribution < -0.4 is 0 Å². The molecule has 0 saturated heterocycles.